The predicted molar refractivity (Wildman–Crippen MR) is 82.9 cm³/mol. The van der Waals surface area contributed by atoms with Gasteiger partial charge in [0.25, 0.3) is 5.91 Å². The highest BCUT2D eigenvalue weighted by molar-refractivity contribution is 6.30. The standard InChI is InChI=1S/C15H14ClN3O3/c1-22-15(21)18-9-13-7-10(5-6-17-13)14(20)19-12-4-2-3-11(16)8-12/h2-8H,9H2,1H3,(H,18,21)(H,19,20). The van der Waals surface area contributed by atoms with Crippen LogP contribution in [-0.4, -0.2) is 24.1 Å². The molecule has 1 aromatic carbocycles. The molecule has 114 valence electrons. The number of ether oxygens (including phenoxy) is 1. The molecule has 0 saturated heterocycles. The molecule has 1 aromatic heterocycles. The number of methoxy groups -OCH3 is 1. The van der Waals surface area contributed by atoms with Gasteiger partial charge in [-0.2, -0.15) is 0 Å². The van der Waals surface area contributed by atoms with Gasteiger partial charge in [-0.25, -0.2) is 4.79 Å². The first-order valence-corrected chi connectivity index (χ1v) is 6.80. The maximum atomic E-state index is 12.2. The highest BCUT2D eigenvalue weighted by Gasteiger charge is 2.08. The lowest BCUT2D eigenvalue weighted by Crippen LogP contribution is -2.23. The molecule has 0 atom stereocenters. The fraction of sp³-hybridized carbons (Fsp3) is 0.133. The molecule has 0 radical (unpaired) electrons. The Labute approximate surface area is 132 Å². The van der Waals surface area contributed by atoms with Gasteiger partial charge in [-0.1, -0.05) is 17.7 Å². The van der Waals surface area contributed by atoms with E-state index in [9.17, 15) is 9.59 Å². The number of nitrogens with one attached hydrogen (secondary N) is 2. The summed E-state index contributed by atoms with van der Waals surface area (Å²) in [5.74, 6) is -0.288. The lowest BCUT2D eigenvalue weighted by atomic mass is 10.2. The molecule has 0 unspecified atom stereocenters. The molecule has 0 saturated carbocycles. The molecular formula is C15H14ClN3O3. The van der Waals surface area contributed by atoms with Crippen LogP contribution in [0.2, 0.25) is 5.02 Å². The van der Waals surface area contributed by atoms with Crippen LogP contribution in [0.1, 0.15) is 16.1 Å². The normalized spacial score (nSPS) is 9.91. The van der Waals surface area contributed by atoms with Crippen molar-refractivity contribution in [3.8, 4) is 0 Å². The zero-order valence-corrected chi connectivity index (χ0v) is 12.6. The van der Waals surface area contributed by atoms with Gasteiger partial charge in [0.05, 0.1) is 19.3 Å². The van der Waals surface area contributed by atoms with E-state index < -0.39 is 6.09 Å². The SMILES string of the molecule is COC(=O)NCc1cc(C(=O)Nc2cccc(Cl)c2)ccn1. The Bertz CT molecular complexity index is 691. The first-order chi connectivity index (χ1) is 10.6. The van der Waals surface area contributed by atoms with Crippen LogP contribution < -0.4 is 10.6 Å². The number of hydrogen-bond acceptors (Lipinski definition) is 4. The fourth-order valence-electron chi connectivity index (χ4n) is 1.72. The van der Waals surface area contributed by atoms with Crippen molar-refractivity contribution in [1.29, 1.82) is 0 Å². The molecular weight excluding hydrogens is 306 g/mol. The van der Waals surface area contributed by atoms with Crippen molar-refractivity contribution >= 4 is 29.3 Å². The third-order valence-corrected chi connectivity index (χ3v) is 3.00. The summed E-state index contributed by atoms with van der Waals surface area (Å²) in [4.78, 5) is 27.3. The third-order valence-electron chi connectivity index (χ3n) is 2.76. The fourth-order valence-corrected chi connectivity index (χ4v) is 1.91. The molecule has 1 heterocycles. The minimum Gasteiger partial charge on any atom is -0.453 e. The number of benzene rings is 1. The van der Waals surface area contributed by atoms with E-state index in [2.05, 4.69) is 20.4 Å². The van der Waals surface area contributed by atoms with Gasteiger partial charge < -0.3 is 15.4 Å². The van der Waals surface area contributed by atoms with Gasteiger partial charge in [0.1, 0.15) is 0 Å². The summed E-state index contributed by atoms with van der Waals surface area (Å²) in [6.07, 6.45) is 0.942. The van der Waals surface area contributed by atoms with Crippen LogP contribution in [0.25, 0.3) is 0 Å². The number of carbonyl (C=O) groups excluding carboxylic acids is 2. The number of rotatable bonds is 4. The number of halogens is 1. The van der Waals surface area contributed by atoms with E-state index in [0.29, 0.717) is 22.0 Å². The van der Waals surface area contributed by atoms with E-state index in [0.717, 1.165) is 0 Å². The number of alkyl carbamates (subject to hydrolysis) is 1. The average Bonchev–Trinajstić information content (AvgIpc) is 2.53. The predicted octanol–water partition coefficient (Wildman–Crippen LogP) is 2.84. The lowest BCUT2D eigenvalue weighted by Gasteiger charge is -2.07. The second-order valence-electron chi connectivity index (χ2n) is 4.35. The van der Waals surface area contributed by atoms with E-state index in [-0.39, 0.29) is 12.5 Å². The summed E-state index contributed by atoms with van der Waals surface area (Å²) in [5, 5.41) is 5.78. The Kier molecular flexibility index (Phi) is 5.32. The van der Waals surface area contributed by atoms with E-state index in [1.807, 2.05) is 0 Å². The van der Waals surface area contributed by atoms with Crippen molar-refractivity contribution in [1.82, 2.24) is 10.3 Å². The Morgan fingerprint density at radius 2 is 2.09 bits per heavy atom. The van der Waals surface area contributed by atoms with Crippen molar-refractivity contribution in [2.75, 3.05) is 12.4 Å². The number of aromatic nitrogens is 1. The van der Waals surface area contributed by atoms with Gasteiger partial charge >= 0.3 is 6.09 Å². The van der Waals surface area contributed by atoms with E-state index in [4.69, 9.17) is 11.6 Å². The summed E-state index contributed by atoms with van der Waals surface area (Å²) in [6.45, 7) is 0.172. The first-order valence-electron chi connectivity index (χ1n) is 6.42. The zero-order valence-electron chi connectivity index (χ0n) is 11.8. The molecule has 7 heteroatoms. The van der Waals surface area contributed by atoms with Crippen LogP contribution >= 0.6 is 11.6 Å². The number of anilines is 1. The van der Waals surface area contributed by atoms with E-state index in [1.165, 1.54) is 13.3 Å². The number of amides is 2. The van der Waals surface area contributed by atoms with Crippen LogP contribution in [0, 0.1) is 0 Å². The van der Waals surface area contributed by atoms with Crippen LogP contribution in [0.5, 0.6) is 0 Å². The molecule has 0 aliphatic carbocycles. The molecule has 0 bridgehead atoms. The molecule has 6 nitrogen and oxygen atoms in total. The van der Waals surface area contributed by atoms with Gasteiger partial charge in [0.2, 0.25) is 0 Å². The topological polar surface area (TPSA) is 80.3 Å². The molecule has 2 N–H and O–H groups in total. The molecule has 2 aromatic rings. The second kappa shape index (κ2) is 7.42. The Morgan fingerprint density at radius 1 is 1.27 bits per heavy atom. The molecule has 0 aliphatic rings. The first kappa shape index (κ1) is 15.8. The van der Waals surface area contributed by atoms with Crippen molar-refractivity contribution < 1.29 is 14.3 Å². The Morgan fingerprint density at radius 3 is 2.82 bits per heavy atom. The minimum atomic E-state index is -0.560. The second-order valence-corrected chi connectivity index (χ2v) is 4.78. The van der Waals surface area contributed by atoms with Gasteiger partial charge in [-0.05, 0) is 30.3 Å². The van der Waals surface area contributed by atoms with Crippen molar-refractivity contribution in [2.45, 2.75) is 6.54 Å². The van der Waals surface area contributed by atoms with Gasteiger partial charge in [-0.15, -0.1) is 0 Å². The van der Waals surface area contributed by atoms with Crippen molar-refractivity contribution in [3.63, 3.8) is 0 Å². The molecule has 0 fully saturated rings. The van der Waals surface area contributed by atoms with Crippen LogP contribution in [0.15, 0.2) is 42.6 Å². The van der Waals surface area contributed by atoms with Gasteiger partial charge in [0.15, 0.2) is 0 Å². The largest absolute Gasteiger partial charge is 0.453 e. The van der Waals surface area contributed by atoms with Crippen LogP contribution in [0.4, 0.5) is 10.5 Å². The number of pyridine rings is 1. The highest BCUT2D eigenvalue weighted by Crippen LogP contribution is 2.16. The Balaban J connectivity index is 2.05. The quantitative estimate of drug-likeness (QED) is 0.908. The summed E-state index contributed by atoms with van der Waals surface area (Å²) in [7, 11) is 1.28. The average molecular weight is 320 g/mol. The van der Waals surface area contributed by atoms with Crippen LogP contribution in [-0.2, 0) is 11.3 Å². The third kappa shape index (κ3) is 4.46. The summed E-state index contributed by atoms with van der Waals surface area (Å²) < 4.78 is 4.47. The minimum absolute atomic E-state index is 0.172. The summed E-state index contributed by atoms with van der Waals surface area (Å²) >= 11 is 5.87. The molecule has 22 heavy (non-hydrogen) atoms. The zero-order chi connectivity index (χ0) is 15.9. The lowest BCUT2D eigenvalue weighted by molar-refractivity contribution is 0.102. The van der Waals surface area contributed by atoms with E-state index in [1.54, 1.807) is 36.4 Å². The monoisotopic (exact) mass is 319 g/mol. The highest BCUT2D eigenvalue weighted by atomic mass is 35.5. The summed E-state index contributed by atoms with van der Waals surface area (Å²) in [6, 6.07) is 10.0. The summed E-state index contributed by atoms with van der Waals surface area (Å²) in [5.41, 5.74) is 1.57. The van der Waals surface area contributed by atoms with Crippen molar-refractivity contribution in [3.05, 3.63) is 58.9 Å². The maximum Gasteiger partial charge on any atom is 0.407 e. The Hall–Kier alpha value is -2.60. The van der Waals surface area contributed by atoms with E-state index >= 15 is 0 Å². The molecule has 2 amide bonds. The number of nitrogens with zero attached hydrogens (tertiary/aromatic N) is 1. The maximum absolute atomic E-state index is 12.2. The van der Waals surface area contributed by atoms with Crippen molar-refractivity contribution in [2.24, 2.45) is 0 Å². The van der Waals surface area contributed by atoms with Crippen LogP contribution in [0.3, 0.4) is 0 Å². The molecule has 0 spiro atoms. The van der Waals surface area contributed by atoms with Gasteiger partial charge in [-0.3, -0.25) is 9.78 Å². The van der Waals surface area contributed by atoms with Gasteiger partial charge in [0, 0.05) is 22.5 Å². The number of hydrogen-bond donors (Lipinski definition) is 2. The molecule has 0 aliphatic heterocycles. The molecule has 2 rings (SSSR count). The smallest absolute Gasteiger partial charge is 0.407 e. The number of carbonyl (C=O) groups is 2.